The standard InChI is InChI=1S/C32H34N4O4.3C15H12O2.2Dy/c1-23-13-25(31(39)27(15-23)21-37)17-35(19-29-7-3-5-9-33-29)11-12-36(20-30-8-4-6-10-34-30)18-26-14-24(2)16-28(22-38)32(26)40;3*16-14(12-7-3-1-4-8-12)11-15(17)13-9-5-2-6-10-13;;/h3-10,13-16,21-22,39-40H,11-12,17-20H2,1-2H3;3*1-11,16H;;/q;;;;;+3/p-5/b;3*14-11-;;. The second kappa shape index (κ2) is 40.2. The van der Waals surface area contributed by atoms with E-state index < -0.39 is 0 Å². The van der Waals surface area contributed by atoms with Crippen molar-refractivity contribution in [3.05, 3.63) is 351 Å². The first-order valence-electron chi connectivity index (χ1n) is 29.0. The summed E-state index contributed by atoms with van der Waals surface area (Å²) in [7, 11) is 0. The van der Waals surface area contributed by atoms with Gasteiger partial charge in [-0.15, -0.1) is 0 Å². The normalized spacial score (nSPS) is 10.9. The van der Waals surface area contributed by atoms with Gasteiger partial charge in [0.25, 0.3) is 0 Å². The van der Waals surface area contributed by atoms with Crippen molar-refractivity contribution in [1.29, 1.82) is 0 Å². The van der Waals surface area contributed by atoms with Crippen LogP contribution in [0.4, 0.5) is 0 Å². The third kappa shape index (κ3) is 24.9. The quantitative estimate of drug-likeness (QED) is 0.0266. The number of nitrogens with zero attached hydrogens (tertiary/aromatic N) is 4. The molecule has 2 heterocycles. The number of allylic oxidation sites excluding steroid dienone is 3. The number of ketones is 3. The molecule has 475 valence electrons. The molecule has 0 bridgehead atoms. The van der Waals surface area contributed by atoms with Crippen LogP contribution in [0, 0.1) is 90.2 Å². The van der Waals surface area contributed by atoms with Crippen molar-refractivity contribution >= 4 is 47.2 Å². The minimum absolute atomic E-state index is 0. The molecular formula is C77H65Dy2N4O10-2. The third-order valence-corrected chi connectivity index (χ3v) is 13.8. The summed E-state index contributed by atoms with van der Waals surface area (Å²) in [6.07, 6.45) is 8.06. The van der Waals surface area contributed by atoms with Crippen molar-refractivity contribution in [2.24, 2.45) is 0 Å². The molecule has 0 aliphatic carbocycles. The summed E-state index contributed by atoms with van der Waals surface area (Å²) < 4.78 is 0. The maximum absolute atomic E-state index is 12.9. The smallest absolute Gasteiger partial charge is 0.872 e. The molecule has 0 saturated heterocycles. The van der Waals surface area contributed by atoms with Crippen LogP contribution in [0.1, 0.15) is 102 Å². The van der Waals surface area contributed by atoms with E-state index in [1.807, 2.05) is 98.8 Å². The van der Waals surface area contributed by atoms with Crippen LogP contribution in [-0.4, -0.2) is 62.8 Å². The number of hydrogen-bond donors (Lipinski definition) is 0. The summed E-state index contributed by atoms with van der Waals surface area (Å²) >= 11 is 0. The summed E-state index contributed by atoms with van der Waals surface area (Å²) in [5.41, 5.74) is 7.94. The van der Waals surface area contributed by atoms with Gasteiger partial charge in [0.05, 0.1) is 11.4 Å². The van der Waals surface area contributed by atoms with Crippen LogP contribution in [0.3, 0.4) is 0 Å². The van der Waals surface area contributed by atoms with Gasteiger partial charge in [-0.3, -0.25) is 43.7 Å². The van der Waals surface area contributed by atoms with E-state index in [1.54, 1.807) is 170 Å². The zero-order valence-electron chi connectivity index (χ0n) is 50.9. The molecule has 10 aromatic rings. The minimum Gasteiger partial charge on any atom is -0.872 e. The topological polar surface area (TPSA) is 233 Å². The maximum Gasteiger partial charge on any atom is 3.00 e. The van der Waals surface area contributed by atoms with Gasteiger partial charge in [0.15, 0.2) is 17.3 Å². The number of hydrogen-bond acceptors (Lipinski definition) is 14. The summed E-state index contributed by atoms with van der Waals surface area (Å²) in [5, 5.41) is 61.1. The van der Waals surface area contributed by atoms with Crippen LogP contribution in [0.25, 0.3) is 17.3 Å². The zero-order chi connectivity index (χ0) is 64.7. The van der Waals surface area contributed by atoms with Gasteiger partial charge in [0.1, 0.15) is 12.6 Å². The van der Waals surface area contributed by atoms with Gasteiger partial charge in [-0.25, -0.2) is 0 Å². The Morgan fingerprint density at radius 1 is 0.376 bits per heavy atom. The monoisotopic (exact) mass is 1530 g/mol. The van der Waals surface area contributed by atoms with Gasteiger partial charge in [-0.05, 0) is 96.3 Å². The molecule has 14 nitrogen and oxygen atoms in total. The number of carbonyl (C=O) groups is 5. The Morgan fingerprint density at radius 2 is 0.634 bits per heavy atom. The van der Waals surface area contributed by atoms with E-state index in [0.717, 1.165) is 40.7 Å². The van der Waals surface area contributed by atoms with Gasteiger partial charge in [0, 0.05) is 118 Å². The van der Waals surface area contributed by atoms with Crippen LogP contribution < -0.4 is 25.5 Å². The fraction of sp³-hybridized carbons (Fsp3) is 0.104. The molecule has 8 aromatic carbocycles. The van der Waals surface area contributed by atoms with E-state index >= 15 is 0 Å². The molecule has 1 radical (unpaired) electrons. The van der Waals surface area contributed by atoms with E-state index in [-0.39, 0.29) is 134 Å². The van der Waals surface area contributed by atoms with Gasteiger partial charge >= 0.3 is 38.2 Å². The number of rotatable bonds is 22. The summed E-state index contributed by atoms with van der Waals surface area (Å²) in [4.78, 5) is 71.4. The van der Waals surface area contributed by atoms with Crippen LogP contribution in [0.15, 0.2) is 273 Å². The zero-order valence-corrected chi connectivity index (χ0v) is 54.9. The SMILES string of the molecule is Cc1cc(C=O)c([O-])c(CN(CCN(Cc2ccccn2)Cc2cc(C)cc(C=O)c2[O-])Cc2ccccn2)c1.O=C(/C=C(\[O-])c1ccccc1)c1ccccc1.O=C(/C=C(\[O-])c1ccccc1)c1ccccc1.O=C(/C=C(\[O-])c1ccccc1)c1ccccc1.[Dy+3].[Dy]. The molecule has 10 rings (SSSR count). The summed E-state index contributed by atoms with van der Waals surface area (Å²) in [5.74, 6) is -2.13. The van der Waals surface area contributed by atoms with E-state index in [9.17, 15) is 49.5 Å². The predicted octanol–water partition coefficient (Wildman–Crippen LogP) is 10.4. The fourth-order valence-electron chi connectivity index (χ4n) is 9.27. The van der Waals surface area contributed by atoms with Gasteiger partial charge in [-0.1, -0.05) is 246 Å². The second-order valence-corrected chi connectivity index (χ2v) is 20.8. The first kappa shape index (κ1) is 74.8. The van der Waals surface area contributed by atoms with Crippen molar-refractivity contribution in [3.63, 3.8) is 0 Å². The van der Waals surface area contributed by atoms with Gasteiger partial charge in [-0.2, -0.15) is 0 Å². The van der Waals surface area contributed by atoms with Crippen molar-refractivity contribution in [3.8, 4) is 11.5 Å². The van der Waals surface area contributed by atoms with Crippen molar-refractivity contribution in [1.82, 2.24) is 19.8 Å². The average molecular weight is 1530 g/mol. The first-order chi connectivity index (χ1) is 44.2. The Hall–Kier alpha value is -8.90. The number of carbonyl (C=O) groups excluding carboxylic acids is 5. The molecule has 93 heavy (non-hydrogen) atoms. The number of aromatic nitrogens is 2. The molecule has 0 amide bonds. The molecule has 0 unspecified atom stereocenters. The van der Waals surface area contributed by atoms with Crippen LogP contribution in [-0.2, 0) is 26.2 Å². The van der Waals surface area contributed by atoms with E-state index in [4.69, 9.17) is 0 Å². The molecule has 0 atom stereocenters. The Labute approximate surface area is 603 Å². The second-order valence-electron chi connectivity index (χ2n) is 20.8. The van der Waals surface area contributed by atoms with Crippen LogP contribution >= 0.6 is 0 Å². The molecule has 0 N–H and O–H groups in total. The molecule has 2 aromatic heterocycles. The van der Waals surface area contributed by atoms with Crippen molar-refractivity contribution in [2.45, 2.75) is 40.0 Å². The number of aryl methyl sites for hydroxylation is 2. The minimum atomic E-state index is -0.269. The fourth-order valence-corrected chi connectivity index (χ4v) is 9.27. The Bertz CT molecular complexity index is 3700. The van der Waals surface area contributed by atoms with Crippen molar-refractivity contribution in [2.75, 3.05) is 13.1 Å². The van der Waals surface area contributed by atoms with E-state index in [1.165, 1.54) is 0 Å². The summed E-state index contributed by atoms with van der Waals surface area (Å²) in [6, 6.07) is 70.8. The Balaban J connectivity index is 0.000000246. The molecule has 0 saturated carbocycles. The number of aldehydes is 2. The van der Waals surface area contributed by atoms with E-state index in [2.05, 4.69) is 19.8 Å². The van der Waals surface area contributed by atoms with Crippen LogP contribution in [0.5, 0.6) is 11.5 Å². The molecule has 0 aliphatic heterocycles. The summed E-state index contributed by atoms with van der Waals surface area (Å²) in [6.45, 7) is 6.49. The number of benzene rings is 8. The molecule has 0 spiro atoms. The molecule has 0 fully saturated rings. The van der Waals surface area contributed by atoms with Gasteiger partial charge < -0.3 is 25.5 Å². The molecular weight excluding hydrogens is 1470 g/mol. The molecule has 16 heteroatoms. The van der Waals surface area contributed by atoms with Gasteiger partial charge in [0.2, 0.25) is 0 Å². The first-order valence-corrected chi connectivity index (χ1v) is 29.0. The van der Waals surface area contributed by atoms with Crippen molar-refractivity contribution < 1.29 is 126 Å². The Morgan fingerprint density at radius 3 is 0.882 bits per heavy atom. The third-order valence-electron chi connectivity index (χ3n) is 13.8. The average Bonchev–Trinajstić information content (AvgIpc) is 2.67. The molecule has 0 aliphatic rings. The Kier molecular flexibility index (Phi) is 32.3. The van der Waals surface area contributed by atoms with E-state index in [0.29, 0.717) is 96.3 Å². The predicted molar refractivity (Wildman–Crippen MR) is 344 cm³/mol. The largest absolute Gasteiger partial charge is 3.00 e. The number of pyridine rings is 2. The maximum atomic E-state index is 12.9. The van der Waals surface area contributed by atoms with Crippen LogP contribution in [0.2, 0.25) is 0 Å².